The number of alkyl halides is 3. The summed E-state index contributed by atoms with van der Waals surface area (Å²) < 4.78 is 52.1. The summed E-state index contributed by atoms with van der Waals surface area (Å²) in [6, 6.07) is 3.65. The molecule has 0 unspecified atom stereocenters. The Bertz CT molecular complexity index is 567. The number of nitrogen functional groups attached to an aromatic ring is 1. The molecule has 3 nitrogen and oxygen atoms in total. The first-order chi connectivity index (χ1) is 8.27. The van der Waals surface area contributed by atoms with Gasteiger partial charge in [0, 0.05) is 18.7 Å². The van der Waals surface area contributed by atoms with Crippen molar-refractivity contribution < 1.29 is 17.6 Å². The molecule has 1 aromatic heterocycles. The van der Waals surface area contributed by atoms with Gasteiger partial charge >= 0.3 is 6.18 Å². The van der Waals surface area contributed by atoms with E-state index in [0.717, 1.165) is 12.1 Å². The van der Waals surface area contributed by atoms with E-state index in [2.05, 4.69) is 5.10 Å². The lowest BCUT2D eigenvalue weighted by atomic mass is 10.1. The number of hydrogen-bond acceptors (Lipinski definition) is 2. The fraction of sp³-hybridized carbons (Fsp3) is 0.182. The minimum absolute atomic E-state index is 0.0367. The van der Waals surface area contributed by atoms with Crippen LogP contribution in [0.2, 0.25) is 0 Å². The second-order valence-corrected chi connectivity index (χ2v) is 3.80. The van der Waals surface area contributed by atoms with E-state index in [9.17, 15) is 17.6 Å². The molecular weight excluding hydrogens is 250 g/mol. The zero-order chi connectivity index (χ0) is 13.5. The molecule has 7 heteroatoms. The van der Waals surface area contributed by atoms with Crippen molar-refractivity contribution in [2.45, 2.75) is 6.18 Å². The number of benzene rings is 1. The summed E-state index contributed by atoms with van der Waals surface area (Å²) in [5.74, 6) is -0.688. The average molecular weight is 259 g/mol. The van der Waals surface area contributed by atoms with Gasteiger partial charge in [0.2, 0.25) is 0 Å². The molecule has 0 fully saturated rings. The van der Waals surface area contributed by atoms with Gasteiger partial charge in [-0.2, -0.15) is 18.3 Å². The van der Waals surface area contributed by atoms with Crippen molar-refractivity contribution in [2.24, 2.45) is 7.05 Å². The number of nitrogens with zero attached hydrogens (tertiary/aromatic N) is 2. The Labute approximate surface area is 99.8 Å². The molecule has 0 atom stereocenters. The number of rotatable bonds is 1. The van der Waals surface area contributed by atoms with Gasteiger partial charge in [-0.15, -0.1) is 0 Å². The summed E-state index contributed by atoms with van der Waals surface area (Å²) in [5.41, 5.74) is 4.70. The fourth-order valence-electron chi connectivity index (χ4n) is 1.52. The smallest absolute Gasteiger partial charge is 0.384 e. The fourth-order valence-corrected chi connectivity index (χ4v) is 1.52. The third-order valence-corrected chi connectivity index (χ3v) is 2.44. The second kappa shape index (κ2) is 4.01. The lowest BCUT2D eigenvalue weighted by Crippen LogP contribution is -2.05. The molecule has 2 N–H and O–H groups in total. The molecule has 0 aliphatic heterocycles. The van der Waals surface area contributed by atoms with Gasteiger partial charge in [-0.3, -0.25) is 4.68 Å². The molecule has 0 saturated carbocycles. The minimum atomic E-state index is -4.60. The van der Waals surface area contributed by atoms with Crippen molar-refractivity contribution in [1.29, 1.82) is 0 Å². The topological polar surface area (TPSA) is 43.8 Å². The van der Waals surface area contributed by atoms with Gasteiger partial charge in [-0.05, 0) is 18.2 Å². The van der Waals surface area contributed by atoms with E-state index in [1.165, 1.54) is 10.7 Å². The highest BCUT2D eigenvalue weighted by Gasteiger charge is 2.31. The number of nitrogens with two attached hydrogens (primary N) is 1. The van der Waals surface area contributed by atoms with Crippen LogP contribution in [0.5, 0.6) is 0 Å². The molecule has 2 rings (SSSR count). The van der Waals surface area contributed by atoms with Gasteiger partial charge in [0.1, 0.15) is 11.6 Å². The third kappa shape index (κ3) is 2.29. The zero-order valence-electron chi connectivity index (χ0n) is 9.29. The van der Waals surface area contributed by atoms with Crippen molar-refractivity contribution >= 4 is 5.82 Å². The molecule has 18 heavy (non-hydrogen) atoms. The zero-order valence-corrected chi connectivity index (χ0v) is 9.29. The Morgan fingerprint density at radius 3 is 2.33 bits per heavy atom. The summed E-state index contributed by atoms with van der Waals surface area (Å²) in [6.07, 6.45) is -4.60. The first kappa shape index (κ1) is 12.4. The van der Waals surface area contributed by atoms with Crippen molar-refractivity contribution in [3.8, 4) is 11.3 Å². The van der Waals surface area contributed by atoms with Crippen LogP contribution in [0.3, 0.4) is 0 Å². The Morgan fingerprint density at radius 2 is 1.83 bits per heavy atom. The summed E-state index contributed by atoms with van der Waals surface area (Å²) in [7, 11) is 1.54. The molecule has 0 bridgehead atoms. The van der Waals surface area contributed by atoms with Gasteiger partial charge < -0.3 is 5.73 Å². The minimum Gasteiger partial charge on any atom is -0.384 e. The van der Waals surface area contributed by atoms with Crippen LogP contribution in [0.15, 0.2) is 24.3 Å². The molecule has 0 aliphatic carbocycles. The Hall–Kier alpha value is -2.05. The van der Waals surface area contributed by atoms with Crippen molar-refractivity contribution in [1.82, 2.24) is 9.78 Å². The van der Waals surface area contributed by atoms with Crippen LogP contribution < -0.4 is 5.73 Å². The summed E-state index contributed by atoms with van der Waals surface area (Å²) in [5, 5.41) is 3.90. The number of aromatic nitrogens is 2. The van der Waals surface area contributed by atoms with E-state index in [0.29, 0.717) is 6.07 Å². The Kier molecular flexibility index (Phi) is 2.76. The van der Waals surface area contributed by atoms with Crippen molar-refractivity contribution in [2.75, 3.05) is 5.73 Å². The lowest BCUT2D eigenvalue weighted by Gasteiger charge is -2.08. The summed E-state index contributed by atoms with van der Waals surface area (Å²) in [6.45, 7) is 0. The van der Waals surface area contributed by atoms with Gasteiger partial charge in [0.25, 0.3) is 0 Å². The average Bonchev–Trinajstić information content (AvgIpc) is 2.57. The standard InChI is InChI=1S/C11H9F4N3/c1-18-10(16)5-9(17-18)6-2-7(11(13,14)15)4-8(12)3-6/h2-5H,16H2,1H3. The first-order valence-electron chi connectivity index (χ1n) is 4.95. The van der Waals surface area contributed by atoms with Gasteiger partial charge in [-0.1, -0.05) is 0 Å². The van der Waals surface area contributed by atoms with E-state index in [1.807, 2.05) is 0 Å². The number of hydrogen-bond donors (Lipinski definition) is 1. The molecule has 0 aliphatic rings. The second-order valence-electron chi connectivity index (χ2n) is 3.80. The first-order valence-corrected chi connectivity index (χ1v) is 4.95. The third-order valence-electron chi connectivity index (χ3n) is 2.44. The Morgan fingerprint density at radius 1 is 1.17 bits per heavy atom. The van der Waals surface area contributed by atoms with Crippen LogP contribution in [0.1, 0.15) is 5.56 Å². The van der Waals surface area contributed by atoms with E-state index >= 15 is 0 Å². The number of halogens is 4. The van der Waals surface area contributed by atoms with Gasteiger partial charge in [-0.25, -0.2) is 4.39 Å². The van der Waals surface area contributed by atoms with E-state index in [4.69, 9.17) is 5.73 Å². The van der Waals surface area contributed by atoms with Crippen molar-refractivity contribution in [3.63, 3.8) is 0 Å². The van der Waals surface area contributed by atoms with Crippen molar-refractivity contribution in [3.05, 3.63) is 35.6 Å². The van der Waals surface area contributed by atoms with E-state index in [-0.39, 0.29) is 17.1 Å². The Balaban J connectivity index is 2.55. The highest BCUT2D eigenvalue weighted by Crippen LogP contribution is 2.33. The van der Waals surface area contributed by atoms with Crippen LogP contribution in [-0.4, -0.2) is 9.78 Å². The molecule has 1 aromatic carbocycles. The largest absolute Gasteiger partial charge is 0.416 e. The molecule has 0 saturated heterocycles. The van der Waals surface area contributed by atoms with Crippen LogP contribution in [0, 0.1) is 5.82 Å². The maximum atomic E-state index is 13.2. The van der Waals surface area contributed by atoms with Gasteiger partial charge in [0.05, 0.1) is 11.3 Å². The summed E-state index contributed by atoms with van der Waals surface area (Å²) >= 11 is 0. The molecule has 0 spiro atoms. The maximum absolute atomic E-state index is 13.2. The maximum Gasteiger partial charge on any atom is 0.416 e. The monoisotopic (exact) mass is 259 g/mol. The predicted octanol–water partition coefficient (Wildman–Crippen LogP) is 2.83. The number of aryl methyl sites for hydroxylation is 1. The quantitative estimate of drug-likeness (QED) is 0.800. The molecule has 96 valence electrons. The van der Waals surface area contributed by atoms with E-state index in [1.54, 1.807) is 7.05 Å². The molecule has 0 radical (unpaired) electrons. The highest BCUT2D eigenvalue weighted by molar-refractivity contribution is 5.63. The molecule has 0 amide bonds. The summed E-state index contributed by atoms with van der Waals surface area (Å²) in [4.78, 5) is 0. The SMILES string of the molecule is Cn1nc(-c2cc(F)cc(C(F)(F)F)c2)cc1N. The van der Waals surface area contributed by atoms with E-state index < -0.39 is 17.6 Å². The number of anilines is 1. The highest BCUT2D eigenvalue weighted by atomic mass is 19.4. The van der Waals surface area contributed by atoms with Crippen LogP contribution in [0.4, 0.5) is 23.4 Å². The lowest BCUT2D eigenvalue weighted by molar-refractivity contribution is -0.137. The molecular formula is C11H9F4N3. The normalized spacial score (nSPS) is 11.8. The predicted molar refractivity (Wildman–Crippen MR) is 58.0 cm³/mol. The molecule has 2 aromatic rings. The van der Waals surface area contributed by atoms with Crippen LogP contribution in [-0.2, 0) is 13.2 Å². The van der Waals surface area contributed by atoms with Gasteiger partial charge in [0.15, 0.2) is 0 Å². The van der Waals surface area contributed by atoms with Crippen LogP contribution >= 0.6 is 0 Å². The molecule has 1 heterocycles. The van der Waals surface area contributed by atoms with Crippen LogP contribution in [0.25, 0.3) is 11.3 Å².